The lowest BCUT2D eigenvalue weighted by atomic mass is 9.75. The Hall–Kier alpha value is -0.575. The summed E-state index contributed by atoms with van der Waals surface area (Å²) in [5, 5.41) is 0.480. The van der Waals surface area contributed by atoms with Gasteiger partial charge in [-0.2, -0.15) is 0 Å². The van der Waals surface area contributed by atoms with E-state index in [1.165, 1.54) is 12.1 Å². The zero-order chi connectivity index (χ0) is 11.8. The summed E-state index contributed by atoms with van der Waals surface area (Å²) in [5.74, 6) is -0.353. The topological polar surface area (TPSA) is 18.5 Å². The van der Waals surface area contributed by atoms with Gasteiger partial charge in [0.2, 0.25) is 0 Å². The highest BCUT2D eigenvalue weighted by molar-refractivity contribution is 6.61. The first-order valence-corrected chi connectivity index (χ1v) is 5.54. The van der Waals surface area contributed by atoms with Gasteiger partial charge in [-0.3, -0.25) is 0 Å². The van der Waals surface area contributed by atoms with Crippen molar-refractivity contribution in [3.05, 3.63) is 29.0 Å². The minimum absolute atomic E-state index is 0.0223. The van der Waals surface area contributed by atoms with E-state index in [-0.39, 0.29) is 11.2 Å². The molecule has 1 aliphatic rings. The summed E-state index contributed by atoms with van der Waals surface area (Å²) in [4.78, 5) is 0. The Morgan fingerprint density at radius 2 is 1.94 bits per heavy atom. The molecule has 1 aliphatic heterocycles. The van der Waals surface area contributed by atoms with E-state index in [1.807, 2.05) is 13.8 Å². The summed E-state index contributed by atoms with van der Waals surface area (Å²) in [6.07, 6.45) is 0. The van der Waals surface area contributed by atoms with Crippen LogP contribution in [-0.4, -0.2) is 20.3 Å². The summed E-state index contributed by atoms with van der Waals surface area (Å²) in [6, 6.07) is 4.37. The fraction of sp³-hybridized carbons (Fsp3) is 0.455. The van der Waals surface area contributed by atoms with Gasteiger partial charge in [-0.05, 0) is 18.2 Å². The fourth-order valence-electron chi connectivity index (χ4n) is 1.57. The lowest BCUT2D eigenvalue weighted by Gasteiger charge is -2.33. The van der Waals surface area contributed by atoms with E-state index in [0.29, 0.717) is 23.7 Å². The van der Waals surface area contributed by atoms with Crippen LogP contribution in [-0.2, 0) is 9.31 Å². The molecular formula is C11H13BClFO2. The van der Waals surface area contributed by atoms with E-state index in [0.717, 1.165) is 0 Å². The highest BCUT2D eigenvalue weighted by Crippen LogP contribution is 2.22. The van der Waals surface area contributed by atoms with Gasteiger partial charge in [-0.25, -0.2) is 4.39 Å². The third kappa shape index (κ3) is 2.57. The average Bonchev–Trinajstić information content (AvgIpc) is 2.22. The molecule has 1 fully saturated rings. The molecule has 0 unspecified atom stereocenters. The Morgan fingerprint density at radius 1 is 1.31 bits per heavy atom. The van der Waals surface area contributed by atoms with Gasteiger partial charge in [0.15, 0.2) is 0 Å². The molecule has 0 N–H and O–H groups in total. The van der Waals surface area contributed by atoms with Crippen LogP contribution in [0.2, 0.25) is 5.02 Å². The average molecular weight is 242 g/mol. The second-order valence-electron chi connectivity index (χ2n) is 4.78. The number of hydrogen-bond acceptors (Lipinski definition) is 2. The van der Waals surface area contributed by atoms with Crippen LogP contribution in [0.4, 0.5) is 4.39 Å². The molecule has 1 saturated heterocycles. The van der Waals surface area contributed by atoms with Crippen molar-refractivity contribution >= 4 is 24.2 Å². The molecule has 1 aromatic rings. The molecule has 0 aromatic heterocycles. The molecule has 0 spiro atoms. The molecule has 1 heterocycles. The number of halogens is 2. The van der Waals surface area contributed by atoms with Gasteiger partial charge in [0.1, 0.15) is 5.82 Å². The van der Waals surface area contributed by atoms with Crippen LogP contribution in [0.15, 0.2) is 18.2 Å². The molecule has 0 bridgehead atoms. The molecule has 1 aromatic carbocycles. The Morgan fingerprint density at radius 3 is 2.56 bits per heavy atom. The van der Waals surface area contributed by atoms with Crippen molar-refractivity contribution in [3.63, 3.8) is 0 Å². The summed E-state index contributed by atoms with van der Waals surface area (Å²) < 4.78 is 24.5. The third-order valence-corrected chi connectivity index (χ3v) is 2.70. The van der Waals surface area contributed by atoms with Crippen LogP contribution in [0.1, 0.15) is 13.8 Å². The summed E-state index contributed by atoms with van der Waals surface area (Å²) in [5.41, 5.74) is 0.342. The van der Waals surface area contributed by atoms with Crippen molar-refractivity contribution < 1.29 is 13.7 Å². The molecular weight excluding hydrogens is 229 g/mol. The quantitative estimate of drug-likeness (QED) is 0.703. The van der Waals surface area contributed by atoms with Crippen LogP contribution in [0, 0.1) is 11.2 Å². The Labute approximate surface area is 99.8 Å². The molecule has 86 valence electrons. The predicted octanol–water partition coefficient (Wildman–Crippen LogP) is 2.25. The smallest absolute Gasteiger partial charge is 0.407 e. The second kappa shape index (κ2) is 4.36. The molecule has 16 heavy (non-hydrogen) atoms. The molecule has 5 heteroatoms. The van der Waals surface area contributed by atoms with Crippen molar-refractivity contribution in [2.45, 2.75) is 13.8 Å². The van der Waals surface area contributed by atoms with Crippen molar-refractivity contribution in [3.8, 4) is 0 Å². The van der Waals surface area contributed by atoms with Crippen LogP contribution in [0.3, 0.4) is 0 Å². The van der Waals surface area contributed by atoms with Crippen LogP contribution in [0.5, 0.6) is 0 Å². The second-order valence-corrected chi connectivity index (χ2v) is 5.22. The Bertz CT molecular complexity index is 388. The number of hydrogen-bond donors (Lipinski definition) is 0. The zero-order valence-corrected chi connectivity index (χ0v) is 10.1. The lowest BCUT2D eigenvalue weighted by Crippen LogP contribution is -2.48. The molecule has 0 aliphatic carbocycles. The van der Waals surface area contributed by atoms with Gasteiger partial charge in [0.05, 0.1) is 0 Å². The van der Waals surface area contributed by atoms with Crippen LogP contribution in [0.25, 0.3) is 0 Å². The lowest BCUT2D eigenvalue weighted by molar-refractivity contribution is 0.0340. The first-order chi connectivity index (χ1) is 7.48. The largest absolute Gasteiger partial charge is 0.496 e. The van der Waals surface area contributed by atoms with Crippen molar-refractivity contribution in [1.82, 2.24) is 0 Å². The van der Waals surface area contributed by atoms with E-state index < -0.39 is 7.12 Å². The fourth-order valence-corrected chi connectivity index (χ4v) is 1.75. The molecule has 0 saturated carbocycles. The molecule has 0 amide bonds. The van der Waals surface area contributed by atoms with Gasteiger partial charge in [0.25, 0.3) is 0 Å². The maximum atomic E-state index is 13.5. The van der Waals surface area contributed by atoms with E-state index in [2.05, 4.69) is 0 Å². The first kappa shape index (κ1) is 11.9. The van der Waals surface area contributed by atoms with Crippen molar-refractivity contribution in [1.29, 1.82) is 0 Å². The third-order valence-electron chi connectivity index (χ3n) is 2.46. The SMILES string of the molecule is CC1(C)COB(c2cc(Cl)ccc2F)OC1. The normalized spacial score (nSPS) is 19.9. The zero-order valence-electron chi connectivity index (χ0n) is 9.30. The maximum absolute atomic E-state index is 13.5. The highest BCUT2D eigenvalue weighted by atomic mass is 35.5. The maximum Gasteiger partial charge on any atom is 0.496 e. The molecule has 0 radical (unpaired) electrons. The number of benzene rings is 1. The molecule has 0 atom stereocenters. The monoisotopic (exact) mass is 242 g/mol. The van der Waals surface area contributed by atoms with Crippen LogP contribution < -0.4 is 5.46 Å². The Balaban J connectivity index is 2.17. The minimum atomic E-state index is -0.647. The first-order valence-electron chi connectivity index (χ1n) is 5.16. The van der Waals surface area contributed by atoms with Crippen molar-refractivity contribution in [2.24, 2.45) is 5.41 Å². The van der Waals surface area contributed by atoms with Gasteiger partial charge < -0.3 is 9.31 Å². The highest BCUT2D eigenvalue weighted by Gasteiger charge is 2.35. The summed E-state index contributed by atoms with van der Waals surface area (Å²) in [7, 11) is -0.647. The summed E-state index contributed by atoms with van der Waals surface area (Å²) in [6.45, 7) is 5.17. The van der Waals surface area contributed by atoms with E-state index >= 15 is 0 Å². The van der Waals surface area contributed by atoms with Gasteiger partial charge >= 0.3 is 7.12 Å². The predicted molar refractivity (Wildman–Crippen MR) is 62.5 cm³/mol. The molecule has 2 rings (SSSR count). The van der Waals surface area contributed by atoms with Gasteiger partial charge in [-0.1, -0.05) is 25.4 Å². The summed E-state index contributed by atoms with van der Waals surface area (Å²) >= 11 is 5.81. The molecule has 2 nitrogen and oxygen atoms in total. The van der Waals surface area contributed by atoms with E-state index in [9.17, 15) is 4.39 Å². The number of rotatable bonds is 1. The van der Waals surface area contributed by atoms with Crippen molar-refractivity contribution in [2.75, 3.05) is 13.2 Å². The standard InChI is InChI=1S/C11H13BClFO2/c1-11(2)6-15-12(16-7-11)9-5-8(13)3-4-10(9)14/h3-5H,6-7H2,1-2H3. The minimum Gasteiger partial charge on any atom is -0.407 e. The van der Waals surface area contributed by atoms with Gasteiger partial charge in [0, 0.05) is 29.1 Å². The van der Waals surface area contributed by atoms with Crippen LogP contribution >= 0.6 is 11.6 Å². The Kier molecular flexibility index (Phi) is 3.24. The van der Waals surface area contributed by atoms with Gasteiger partial charge in [-0.15, -0.1) is 0 Å². The van der Waals surface area contributed by atoms with E-state index in [4.69, 9.17) is 20.9 Å². The van der Waals surface area contributed by atoms with E-state index in [1.54, 1.807) is 6.07 Å².